The summed E-state index contributed by atoms with van der Waals surface area (Å²) >= 11 is 7.29. The van der Waals surface area contributed by atoms with Gasteiger partial charge in [0.2, 0.25) is 0 Å². The monoisotopic (exact) mass is 318 g/mol. The van der Waals surface area contributed by atoms with Gasteiger partial charge in [0.05, 0.1) is 4.34 Å². The average Bonchev–Trinajstić information content (AvgIpc) is 2.89. The van der Waals surface area contributed by atoms with Crippen LogP contribution in [0.4, 0.5) is 0 Å². The molecule has 0 saturated carbocycles. The van der Waals surface area contributed by atoms with Crippen molar-refractivity contribution in [2.45, 2.75) is 6.61 Å². The molecule has 0 bridgehead atoms. The summed E-state index contributed by atoms with van der Waals surface area (Å²) in [7, 11) is 0. The zero-order valence-electron chi connectivity index (χ0n) is 10.9. The van der Waals surface area contributed by atoms with Gasteiger partial charge in [-0.1, -0.05) is 41.9 Å². The Kier molecular flexibility index (Phi) is 3.82. The number of thiophene rings is 1. The van der Waals surface area contributed by atoms with Gasteiger partial charge in [-0.3, -0.25) is 0 Å². The number of benzene rings is 2. The van der Waals surface area contributed by atoms with Crippen molar-refractivity contribution in [1.82, 2.24) is 0 Å². The van der Waals surface area contributed by atoms with Crippen molar-refractivity contribution in [2.24, 2.45) is 0 Å². The number of carboxylic acids is 1. The van der Waals surface area contributed by atoms with Crippen LogP contribution in [-0.4, -0.2) is 11.1 Å². The third kappa shape index (κ3) is 2.86. The molecule has 1 heterocycles. The summed E-state index contributed by atoms with van der Waals surface area (Å²) in [6, 6.07) is 14.6. The first kappa shape index (κ1) is 13.9. The van der Waals surface area contributed by atoms with Crippen LogP contribution in [0.15, 0.2) is 48.5 Å². The highest BCUT2D eigenvalue weighted by molar-refractivity contribution is 7.16. The molecule has 1 aromatic heterocycles. The summed E-state index contributed by atoms with van der Waals surface area (Å²) in [5.74, 6) is -0.628. The Balaban J connectivity index is 1.97. The van der Waals surface area contributed by atoms with Gasteiger partial charge < -0.3 is 9.84 Å². The first-order valence-corrected chi connectivity index (χ1v) is 7.46. The lowest BCUT2D eigenvalue weighted by Gasteiger charge is -2.10. The van der Waals surface area contributed by atoms with Crippen LogP contribution in [0.5, 0.6) is 5.75 Å². The van der Waals surface area contributed by atoms with Crippen LogP contribution in [-0.2, 0) is 6.61 Å². The van der Waals surface area contributed by atoms with E-state index in [1.807, 2.05) is 30.3 Å². The van der Waals surface area contributed by atoms with Crippen molar-refractivity contribution in [2.75, 3.05) is 0 Å². The standard InChI is InChI=1S/C16H11ClO3S/c17-14-8-6-11(21-14)9-20-13-7-5-10-3-1-2-4-12(10)15(13)16(18)19/h1-8H,9H2,(H,18,19). The van der Waals surface area contributed by atoms with E-state index in [-0.39, 0.29) is 5.56 Å². The molecule has 0 aliphatic rings. The Labute approximate surface area is 130 Å². The number of hydrogen-bond donors (Lipinski definition) is 1. The normalized spacial score (nSPS) is 10.7. The van der Waals surface area contributed by atoms with Gasteiger partial charge in [-0.15, -0.1) is 11.3 Å². The van der Waals surface area contributed by atoms with Gasteiger partial charge in [0, 0.05) is 4.88 Å². The van der Waals surface area contributed by atoms with E-state index < -0.39 is 5.97 Å². The topological polar surface area (TPSA) is 46.5 Å². The van der Waals surface area contributed by atoms with Crippen molar-refractivity contribution >= 4 is 39.7 Å². The van der Waals surface area contributed by atoms with Gasteiger partial charge in [0.15, 0.2) is 0 Å². The molecule has 5 heteroatoms. The molecule has 1 N–H and O–H groups in total. The number of carboxylic acid groups (broad SMARTS) is 1. The van der Waals surface area contributed by atoms with Crippen LogP contribution in [0.2, 0.25) is 4.34 Å². The fraction of sp³-hybridized carbons (Fsp3) is 0.0625. The van der Waals surface area contributed by atoms with E-state index in [1.165, 1.54) is 11.3 Å². The number of carbonyl (C=O) groups is 1. The van der Waals surface area contributed by atoms with Gasteiger partial charge >= 0.3 is 5.97 Å². The lowest BCUT2D eigenvalue weighted by atomic mass is 10.0. The zero-order valence-corrected chi connectivity index (χ0v) is 12.4. The fourth-order valence-electron chi connectivity index (χ4n) is 2.17. The zero-order chi connectivity index (χ0) is 14.8. The molecule has 2 aromatic carbocycles. The molecular weight excluding hydrogens is 308 g/mol. The second kappa shape index (κ2) is 5.76. The fourth-order valence-corrected chi connectivity index (χ4v) is 3.17. The molecule has 0 spiro atoms. The summed E-state index contributed by atoms with van der Waals surface area (Å²) in [5.41, 5.74) is 0.191. The lowest BCUT2D eigenvalue weighted by molar-refractivity contribution is 0.0694. The van der Waals surface area contributed by atoms with E-state index >= 15 is 0 Å². The average molecular weight is 319 g/mol. The molecule has 0 radical (unpaired) electrons. The predicted molar refractivity (Wildman–Crippen MR) is 84.6 cm³/mol. The van der Waals surface area contributed by atoms with Crippen LogP contribution in [0.25, 0.3) is 10.8 Å². The number of hydrogen-bond acceptors (Lipinski definition) is 3. The molecule has 106 valence electrons. The Morgan fingerprint density at radius 1 is 1.14 bits per heavy atom. The molecule has 0 aliphatic carbocycles. The molecule has 3 nitrogen and oxygen atoms in total. The maximum Gasteiger partial charge on any atom is 0.340 e. The molecule has 0 unspecified atom stereocenters. The molecule has 0 aliphatic heterocycles. The summed E-state index contributed by atoms with van der Waals surface area (Å²) in [6.07, 6.45) is 0. The quantitative estimate of drug-likeness (QED) is 0.749. The number of halogens is 1. The molecule has 21 heavy (non-hydrogen) atoms. The van der Waals surface area contributed by atoms with Gasteiger partial charge in [0.1, 0.15) is 17.9 Å². The number of ether oxygens (including phenoxy) is 1. The van der Waals surface area contributed by atoms with E-state index in [9.17, 15) is 9.90 Å². The van der Waals surface area contributed by atoms with Crippen LogP contribution in [0, 0.1) is 0 Å². The van der Waals surface area contributed by atoms with Crippen LogP contribution in [0.1, 0.15) is 15.2 Å². The Bertz CT molecular complexity index is 810. The minimum Gasteiger partial charge on any atom is -0.487 e. The van der Waals surface area contributed by atoms with Crippen LogP contribution < -0.4 is 4.74 Å². The number of rotatable bonds is 4. The second-order valence-corrected chi connectivity index (χ2v) is 6.26. The minimum atomic E-state index is -0.994. The first-order valence-electron chi connectivity index (χ1n) is 6.27. The van der Waals surface area contributed by atoms with Crippen molar-refractivity contribution in [1.29, 1.82) is 0 Å². The van der Waals surface area contributed by atoms with E-state index in [1.54, 1.807) is 18.2 Å². The second-order valence-electron chi connectivity index (χ2n) is 4.46. The highest BCUT2D eigenvalue weighted by Gasteiger charge is 2.15. The summed E-state index contributed by atoms with van der Waals surface area (Å²) < 4.78 is 6.36. The van der Waals surface area contributed by atoms with Gasteiger partial charge in [-0.2, -0.15) is 0 Å². The minimum absolute atomic E-state index is 0.191. The number of fused-ring (bicyclic) bond motifs is 1. The predicted octanol–water partition coefficient (Wildman–Crippen LogP) is 4.83. The molecule has 3 rings (SSSR count). The maximum atomic E-state index is 11.6. The van der Waals surface area contributed by atoms with Crippen molar-refractivity contribution < 1.29 is 14.6 Å². The molecular formula is C16H11ClO3S. The SMILES string of the molecule is O=C(O)c1c(OCc2ccc(Cl)s2)ccc2ccccc12. The highest BCUT2D eigenvalue weighted by atomic mass is 35.5. The lowest BCUT2D eigenvalue weighted by Crippen LogP contribution is -2.03. The van der Waals surface area contributed by atoms with E-state index in [0.717, 1.165) is 10.3 Å². The first-order chi connectivity index (χ1) is 10.1. The van der Waals surface area contributed by atoms with E-state index in [0.29, 0.717) is 22.1 Å². The Hall–Kier alpha value is -2.04. The smallest absolute Gasteiger partial charge is 0.340 e. The molecule has 3 aromatic rings. The Morgan fingerprint density at radius 2 is 1.95 bits per heavy atom. The summed E-state index contributed by atoms with van der Waals surface area (Å²) in [4.78, 5) is 12.5. The highest BCUT2D eigenvalue weighted by Crippen LogP contribution is 2.30. The molecule has 0 amide bonds. The van der Waals surface area contributed by atoms with Gasteiger partial charge in [-0.05, 0) is 29.0 Å². The number of aromatic carboxylic acids is 1. The van der Waals surface area contributed by atoms with Crippen molar-refractivity contribution in [3.05, 3.63) is 63.3 Å². The van der Waals surface area contributed by atoms with Crippen LogP contribution in [0.3, 0.4) is 0 Å². The van der Waals surface area contributed by atoms with Gasteiger partial charge in [-0.25, -0.2) is 4.79 Å². The van der Waals surface area contributed by atoms with E-state index in [2.05, 4.69) is 0 Å². The molecule has 0 fully saturated rings. The van der Waals surface area contributed by atoms with E-state index in [4.69, 9.17) is 16.3 Å². The summed E-state index contributed by atoms with van der Waals surface area (Å²) in [6.45, 7) is 0.302. The molecule has 0 saturated heterocycles. The third-order valence-electron chi connectivity index (χ3n) is 3.10. The van der Waals surface area contributed by atoms with Crippen LogP contribution >= 0.6 is 22.9 Å². The maximum absolute atomic E-state index is 11.6. The van der Waals surface area contributed by atoms with Gasteiger partial charge in [0.25, 0.3) is 0 Å². The van der Waals surface area contributed by atoms with Crippen molar-refractivity contribution in [3.8, 4) is 5.75 Å². The van der Waals surface area contributed by atoms with Crippen molar-refractivity contribution in [3.63, 3.8) is 0 Å². The third-order valence-corrected chi connectivity index (χ3v) is 4.31. The summed E-state index contributed by atoms with van der Waals surface area (Å²) in [5, 5.41) is 11.0. The largest absolute Gasteiger partial charge is 0.487 e. The Morgan fingerprint density at radius 3 is 2.67 bits per heavy atom. The molecule has 0 atom stereocenters.